The van der Waals surface area contributed by atoms with E-state index in [1.807, 2.05) is 0 Å². The number of esters is 6. The molecule has 0 aromatic carbocycles. The maximum absolute atomic E-state index is 13.2. The lowest BCUT2D eigenvalue weighted by Crippen LogP contribution is -2.49. The summed E-state index contributed by atoms with van der Waals surface area (Å²) in [5.74, 6) is -5.17. The van der Waals surface area contributed by atoms with Gasteiger partial charge in [-0.25, -0.2) is 0 Å². The lowest BCUT2D eigenvalue weighted by Gasteiger charge is -2.32. The molecule has 0 aliphatic carbocycles. The Bertz CT molecular complexity index is 1400. The predicted molar refractivity (Wildman–Crippen MR) is 254 cm³/mol. The minimum atomic E-state index is -1.50. The van der Waals surface area contributed by atoms with Crippen LogP contribution in [0.15, 0.2) is 0 Å². The van der Waals surface area contributed by atoms with Crippen LogP contribution in [0.2, 0.25) is 0 Å². The van der Waals surface area contributed by atoms with Gasteiger partial charge in [0.25, 0.3) is 5.91 Å². The van der Waals surface area contributed by atoms with Gasteiger partial charge >= 0.3 is 41.8 Å². The van der Waals surface area contributed by atoms with E-state index in [0.717, 1.165) is 116 Å². The highest BCUT2D eigenvalue weighted by Crippen LogP contribution is 2.26. The maximum atomic E-state index is 13.2. The fraction of sp³-hybridized carbons (Fsp3) is 0.843. The van der Waals surface area contributed by atoms with Crippen LogP contribution in [0.1, 0.15) is 228 Å². The largest absolute Gasteiger partial charge is 0.481 e. The fourth-order valence-electron chi connectivity index (χ4n) is 7.01. The van der Waals surface area contributed by atoms with Crippen LogP contribution in [0.3, 0.4) is 0 Å². The van der Waals surface area contributed by atoms with Gasteiger partial charge in [0, 0.05) is 50.5 Å². The minimum Gasteiger partial charge on any atom is -0.481 e. The molecule has 67 heavy (non-hydrogen) atoms. The summed E-state index contributed by atoms with van der Waals surface area (Å²) in [7, 11) is 0. The van der Waals surface area contributed by atoms with Crippen molar-refractivity contribution in [2.75, 3.05) is 26.4 Å². The number of carbonyl (C=O) groups is 8. The van der Waals surface area contributed by atoms with Crippen molar-refractivity contribution in [3.63, 3.8) is 0 Å². The summed E-state index contributed by atoms with van der Waals surface area (Å²) in [6.45, 7) is 10.8. The number of amides is 1. The summed E-state index contributed by atoms with van der Waals surface area (Å²) in [5.41, 5.74) is -1.28. The molecule has 2 N–H and O–H groups in total. The van der Waals surface area contributed by atoms with Gasteiger partial charge in [-0.1, -0.05) is 131 Å². The lowest BCUT2D eigenvalue weighted by atomic mass is 9.86. The zero-order valence-corrected chi connectivity index (χ0v) is 42.2. The van der Waals surface area contributed by atoms with Gasteiger partial charge in [0.2, 0.25) is 0 Å². The molecule has 0 aliphatic rings. The second-order valence-corrected chi connectivity index (χ2v) is 18.3. The smallest absolute Gasteiger partial charge is 0.306 e. The first-order chi connectivity index (χ1) is 32.1. The Morgan fingerprint density at radius 3 is 1.21 bits per heavy atom. The number of hydrogen-bond acceptors (Lipinski definition) is 14. The van der Waals surface area contributed by atoms with Crippen molar-refractivity contribution in [1.29, 1.82) is 0 Å². The first-order valence-corrected chi connectivity index (χ1v) is 25.6. The third-order valence-electron chi connectivity index (χ3n) is 11.1. The van der Waals surface area contributed by atoms with Gasteiger partial charge in [-0.15, -0.1) is 0 Å². The van der Waals surface area contributed by atoms with E-state index in [4.69, 9.17) is 33.5 Å². The van der Waals surface area contributed by atoms with Crippen molar-refractivity contribution in [2.24, 2.45) is 5.41 Å². The van der Waals surface area contributed by atoms with Gasteiger partial charge in [-0.05, 0) is 51.4 Å². The third kappa shape index (κ3) is 36.5. The molecule has 3 atom stereocenters. The van der Waals surface area contributed by atoms with Gasteiger partial charge < -0.3 is 38.8 Å². The zero-order valence-electron chi connectivity index (χ0n) is 42.2. The molecule has 0 bridgehead atoms. The number of rotatable bonds is 44. The van der Waals surface area contributed by atoms with Crippen LogP contribution in [0.4, 0.5) is 0 Å². The molecule has 0 rings (SSSR count). The first-order valence-electron chi connectivity index (χ1n) is 25.6. The second kappa shape index (κ2) is 40.8. The van der Waals surface area contributed by atoms with Crippen LogP contribution >= 0.6 is 0 Å². The van der Waals surface area contributed by atoms with Gasteiger partial charge in [0.1, 0.15) is 32.0 Å². The van der Waals surface area contributed by atoms with Crippen molar-refractivity contribution in [3.05, 3.63) is 0 Å². The highest BCUT2D eigenvalue weighted by molar-refractivity contribution is 5.85. The number of aliphatic carboxylic acids is 1. The van der Waals surface area contributed by atoms with E-state index in [0.29, 0.717) is 25.7 Å². The van der Waals surface area contributed by atoms with Gasteiger partial charge in [-0.3, -0.25) is 38.4 Å². The minimum absolute atomic E-state index is 0.0333. The molecule has 0 heterocycles. The van der Waals surface area contributed by atoms with Crippen LogP contribution in [0, 0.1) is 5.41 Å². The molecule has 0 fully saturated rings. The van der Waals surface area contributed by atoms with E-state index < -0.39 is 59.5 Å². The number of nitrogens with one attached hydrogen (secondary N) is 1. The number of carbonyl (C=O) groups excluding carboxylic acids is 7. The van der Waals surface area contributed by atoms with Crippen molar-refractivity contribution < 1.29 is 71.9 Å². The van der Waals surface area contributed by atoms with E-state index in [2.05, 4.69) is 33.0 Å². The lowest BCUT2D eigenvalue weighted by molar-refractivity contribution is -0.169. The Hall–Kier alpha value is -4.24. The summed E-state index contributed by atoms with van der Waals surface area (Å²) in [5, 5.41) is 11.5. The van der Waals surface area contributed by atoms with Gasteiger partial charge in [-0.2, -0.15) is 0 Å². The van der Waals surface area contributed by atoms with E-state index in [9.17, 15) is 38.4 Å². The number of hydrogen-bond donors (Lipinski definition) is 2. The molecule has 388 valence electrons. The Morgan fingerprint density at radius 1 is 0.433 bits per heavy atom. The SMILES string of the molecule is CCCCCCCC(=O)OC(CCCCCC)COC(=O)CCCC(=O)OCC(C)(C)C(OC(=O)CCCC(=O)OCC(CCCCCC)OC(=O)CCCCCCC)C(=O)NCCC(=O)O. The average Bonchev–Trinajstić information content (AvgIpc) is 3.28. The van der Waals surface area contributed by atoms with Crippen LogP contribution in [0.25, 0.3) is 0 Å². The van der Waals surface area contributed by atoms with E-state index >= 15 is 0 Å². The summed E-state index contributed by atoms with van der Waals surface area (Å²) in [6, 6.07) is 0. The molecule has 0 aromatic rings. The molecule has 16 heteroatoms. The Labute approximate surface area is 401 Å². The van der Waals surface area contributed by atoms with Crippen molar-refractivity contribution in [1.82, 2.24) is 5.32 Å². The Morgan fingerprint density at radius 2 is 0.791 bits per heavy atom. The van der Waals surface area contributed by atoms with Crippen LogP contribution in [0.5, 0.6) is 0 Å². The third-order valence-corrected chi connectivity index (χ3v) is 11.1. The molecular formula is C51H89NO15. The molecule has 0 saturated heterocycles. The summed E-state index contributed by atoms with van der Waals surface area (Å²) in [4.78, 5) is 100. The first kappa shape index (κ1) is 62.8. The fourth-order valence-corrected chi connectivity index (χ4v) is 7.01. The van der Waals surface area contributed by atoms with Crippen LogP contribution in [-0.4, -0.2) is 97.5 Å². The van der Waals surface area contributed by atoms with Crippen molar-refractivity contribution >= 4 is 47.7 Å². The highest BCUT2D eigenvalue weighted by Gasteiger charge is 2.40. The van der Waals surface area contributed by atoms with E-state index in [-0.39, 0.29) is 83.2 Å². The Balaban J connectivity index is 5.18. The normalized spacial score (nSPS) is 12.6. The second-order valence-electron chi connectivity index (χ2n) is 18.3. The standard InChI is InChI=1S/C51H89NO15/c1-7-11-15-19-23-29-46(58)65-40(27-21-17-13-9-3)37-62-43(55)31-25-33-45(57)64-39-51(5,6)49(50(61)52-36-35-42(53)54)67-48(60)34-26-32-44(56)63-38-41(28-22-18-14-10-4)66-47(59)30-24-20-16-12-8-2/h40-41,49H,7-39H2,1-6H3,(H,52,61)(H,53,54). The average molecular weight is 956 g/mol. The van der Waals surface area contributed by atoms with E-state index in [1.165, 1.54) is 0 Å². The molecule has 16 nitrogen and oxygen atoms in total. The highest BCUT2D eigenvalue weighted by atomic mass is 16.6. The number of ether oxygens (including phenoxy) is 6. The van der Waals surface area contributed by atoms with Gasteiger partial charge in [0.15, 0.2) is 6.10 Å². The molecule has 0 spiro atoms. The van der Waals surface area contributed by atoms with E-state index in [1.54, 1.807) is 13.8 Å². The number of unbranched alkanes of at least 4 members (excludes halogenated alkanes) is 14. The monoisotopic (exact) mass is 956 g/mol. The predicted octanol–water partition coefficient (Wildman–Crippen LogP) is 9.97. The molecule has 0 radical (unpaired) electrons. The molecule has 0 saturated carbocycles. The zero-order chi connectivity index (χ0) is 50.1. The molecular weight excluding hydrogens is 867 g/mol. The van der Waals surface area contributed by atoms with Gasteiger partial charge in [0.05, 0.1) is 6.42 Å². The number of carboxylic acids is 1. The molecule has 0 aliphatic heterocycles. The van der Waals surface area contributed by atoms with Crippen LogP contribution in [-0.2, 0) is 66.8 Å². The van der Waals surface area contributed by atoms with Crippen molar-refractivity contribution in [2.45, 2.75) is 246 Å². The van der Waals surface area contributed by atoms with Crippen LogP contribution < -0.4 is 5.32 Å². The summed E-state index contributed by atoms with van der Waals surface area (Å²) >= 11 is 0. The molecule has 0 aromatic heterocycles. The van der Waals surface area contributed by atoms with Crippen molar-refractivity contribution in [3.8, 4) is 0 Å². The summed E-state index contributed by atoms with van der Waals surface area (Å²) in [6.07, 6.45) is 16.1. The molecule has 1 amide bonds. The Kier molecular flexibility index (Phi) is 38.2. The quantitative estimate of drug-likeness (QED) is 0.0329. The number of carboxylic acid groups (broad SMARTS) is 1. The maximum Gasteiger partial charge on any atom is 0.306 e. The summed E-state index contributed by atoms with van der Waals surface area (Å²) < 4.78 is 33.2. The topological polar surface area (TPSA) is 224 Å². The molecule has 3 unspecified atom stereocenters.